The van der Waals surface area contributed by atoms with Crippen LogP contribution in [-0.2, 0) is 14.8 Å². The van der Waals surface area contributed by atoms with Crippen LogP contribution >= 0.6 is 11.6 Å². The number of rotatable bonds is 5. The quantitative estimate of drug-likeness (QED) is 0.788. The van der Waals surface area contributed by atoms with E-state index in [2.05, 4.69) is 9.46 Å². The highest BCUT2D eigenvalue weighted by atomic mass is 35.5. The molecule has 122 valence electrons. The third-order valence-electron chi connectivity index (χ3n) is 3.92. The van der Waals surface area contributed by atoms with E-state index in [-0.39, 0.29) is 27.4 Å². The predicted octanol–water partition coefficient (Wildman–Crippen LogP) is 1.53. The lowest BCUT2D eigenvalue weighted by atomic mass is 10.1. The fraction of sp³-hybridized carbons (Fsp3) is 0.500. The molecule has 0 radical (unpaired) electrons. The van der Waals surface area contributed by atoms with Gasteiger partial charge >= 0.3 is 5.97 Å². The predicted molar refractivity (Wildman–Crippen MR) is 83.3 cm³/mol. The second-order valence-corrected chi connectivity index (χ2v) is 7.41. The highest BCUT2D eigenvalue weighted by molar-refractivity contribution is 7.89. The molecule has 0 amide bonds. The molecule has 0 unspecified atom stereocenters. The monoisotopic (exact) mass is 346 g/mol. The average molecular weight is 347 g/mol. The third kappa shape index (κ3) is 3.60. The molecule has 8 heteroatoms. The van der Waals surface area contributed by atoms with Gasteiger partial charge in [0.05, 0.1) is 22.6 Å². The number of halogens is 1. The fourth-order valence-corrected chi connectivity index (χ4v) is 4.37. The van der Waals surface area contributed by atoms with Crippen LogP contribution in [0.15, 0.2) is 23.1 Å². The van der Waals surface area contributed by atoms with E-state index in [0.29, 0.717) is 6.54 Å². The van der Waals surface area contributed by atoms with E-state index >= 15 is 0 Å². The number of nitrogens with two attached hydrogens (primary N) is 1. The molecule has 1 saturated carbocycles. The first-order valence-corrected chi connectivity index (χ1v) is 8.85. The number of hydrogen-bond acceptors (Lipinski definition) is 5. The number of esters is 1. The van der Waals surface area contributed by atoms with Crippen LogP contribution in [0.5, 0.6) is 0 Å². The van der Waals surface area contributed by atoms with E-state index in [1.54, 1.807) is 0 Å². The van der Waals surface area contributed by atoms with E-state index in [0.717, 1.165) is 19.3 Å². The Labute approximate surface area is 135 Å². The molecule has 1 aliphatic rings. The van der Waals surface area contributed by atoms with Gasteiger partial charge in [-0.3, -0.25) is 0 Å². The second-order valence-electron chi connectivity index (χ2n) is 5.29. The zero-order valence-corrected chi connectivity index (χ0v) is 13.8. The molecule has 1 aromatic rings. The number of nitrogens with one attached hydrogen (secondary N) is 1. The topological polar surface area (TPSA) is 98.5 Å². The maximum absolute atomic E-state index is 12.4. The first-order valence-electron chi connectivity index (χ1n) is 6.99. The molecule has 0 aromatic heterocycles. The van der Waals surface area contributed by atoms with Gasteiger partial charge in [-0.15, -0.1) is 0 Å². The summed E-state index contributed by atoms with van der Waals surface area (Å²) in [6.45, 7) is 0.454. The molecule has 1 fully saturated rings. The summed E-state index contributed by atoms with van der Waals surface area (Å²) in [5, 5.41) is 0.0384. The van der Waals surface area contributed by atoms with E-state index in [1.165, 1.54) is 25.3 Å². The summed E-state index contributed by atoms with van der Waals surface area (Å²) in [6.07, 6.45) is 2.65. The lowest BCUT2D eigenvalue weighted by Gasteiger charge is -2.19. The fourth-order valence-electron chi connectivity index (χ4n) is 2.68. The van der Waals surface area contributed by atoms with Gasteiger partial charge in [0.1, 0.15) is 0 Å². The molecule has 1 aliphatic carbocycles. The van der Waals surface area contributed by atoms with Gasteiger partial charge in [-0.1, -0.05) is 18.0 Å². The third-order valence-corrected chi connectivity index (χ3v) is 5.72. The maximum atomic E-state index is 12.4. The van der Waals surface area contributed by atoms with Gasteiger partial charge < -0.3 is 10.5 Å². The zero-order chi connectivity index (χ0) is 16.3. The standard InChI is InChI=1S/C14H19ClN2O4S/c1-21-14(18)11-6-5-10(7-12(11)15)22(19,20)17-13-4-2-3-9(13)8-16/h5-7,9,13,17H,2-4,8,16H2,1H3/t9-,13+/m0/s1. The van der Waals surface area contributed by atoms with E-state index in [9.17, 15) is 13.2 Å². The van der Waals surface area contributed by atoms with Gasteiger partial charge in [0.15, 0.2) is 0 Å². The largest absolute Gasteiger partial charge is 0.465 e. The summed E-state index contributed by atoms with van der Waals surface area (Å²) in [7, 11) is -2.47. The van der Waals surface area contributed by atoms with Crippen LogP contribution in [0, 0.1) is 5.92 Å². The van der Waals surface area contributed by atoms with Gasteiger partial charge in [-0.2, -0.15) is 0 Å². The van der Waals surface area contributed by atoms with Crippen molar-refractivity contribution in [1.29, 1.82) is 0 Å². The molecule has 6 nitrogen and oxygen atoms in total. The lowest BCUT2D eigenvalue weighted by Crippen LogP contribution is -2.39. The van der Waals surface area contributed by atoms with Crippen molar-refractivity contribution in [1.82, 2.24) is 4.72 Å². The maximum Gasteiger partial charge on any atom is 0.339 e. The number of ether oxygens (including phenoxy) is 1. The first-order chi connectivity index (χ1) is 10.4. The lowest BCUT2D eigenvalue weighted by molar-refractivity contribution is 0.0601. The van der Waals surface area contributed by atoms with Crippen molar-refractivity contribution in [3.05, 3.63) is 28.8 Å². The van der Waals surface area contributed by atoms with Crippen LogP contribution in [0.4, 0.5) is 0 Å². The van der Waals surface area contributed by atoms with Crippen LogP contribution in [0.3, 0.4) is 0 Å². The average Bonchev–Trinajstić information content (AvgIpc) is 2.92. The number of hydrogen-bond donors (Lipinski definition) is 2. The van der Waals surface area contributed by atoms with Crippen LogP contribution in [0.2, 0.25) is 5.02 Å². The zero-order valence-electron chi connectivity index (χ0n) is 12.2. The summed E-state index contributed by atoms with van der Waals surface area (Å²) in [5.74, 6) is -0.458. The molecule has 0 spiro atoms. The van der Waals surface area contributed by atoms with Crippen LogP contribution in [0.25, 0.3) is 0 Å². The summed E-state index contributed by atoms with van der Waals surface area (Å²) < 4.78 is 32.1. The Hall–Kier alpha value is -1.15. The molecular formula is C14H19ClN2O4S. The molecular weight excluding hydrogens is 328 g/mol. The number of sulfonamides is 1. The molecule has 0 saturated heterocycles. The van der Waals surface area contributed by atoms with Crippen LogP contribution < -0.4 is 10.5 Å². The van der Waals surface area contributed by atoms with Crippen molar-refractivity contribution in [3.63, 3.8) is 0 Å². The molecule has 0 heterocycles. The van der Waals surface area contributed by atoms with Crippen molar-refractivity contribution in [3.8, 4) is 0 Å². The van der Waals surface area contributed by atoms with Crippen molar-refractivity contribution < 1.29 is 17.9 Å². The molecule has 1 aromatic carbocycles. The number of benzene rings is 1. The molecule has 2 atom stereocenters. The number of methoxy groups -OCH3 is 1. The minimum Gasteiger partial charge on any atom is -0.465 e. The van der Waals surface area contributed by atoms with Crippen molar-refractivity contribution in [2.75, 3.05) is 13.7 Å². The van der Waals surface area contributed by atoms with Gasteiger partial charge in [0.25, 0.3) is 0 Å². The minimum atomic E-state index is -3.70. The highest BCUT2D eigenvalue weighted by Crippen LogP contribution is 2.27. The summed E-state index contributed by atoms with van der Waals surface area (Å²) in [6, 6.07) is 3.78. The normalized spacial score (nSPS) is 21.8. The van der Waals surface area contributed by atoms with Gasteiger partial charge in [0, 0.05) is 6.04 Å². The molecule has 0 bridgehead atoms. The molecule has 2 rings (SSSR count). The van der Waals surface area contributed by atoms with E-state index in [4.69, 9.17) is 17.3 Å². The Morgan fingerprint density at radius 2 is 2.18 bits per heavy atom. The Morgan fingerprint density at radius 1 is 1.45 bits per heavy atom. The first kappa shape index (κ1) is 17.2. The minimum absolute atomic E-state index is 0.0211. The highest BCUT2D eigenvalue weighted by Gasteiger charge is 2.30. The van der Waals surface area contributed by atoms with E-state index in [1.807, 2.05) is 0 Å². The Morgan fingerprint density at radius 3 is 2.77 bits per heavy atom. The van der Waals surface area contributed by atoms with E-state index < -0.39 is 16.0 Å². The SMILES string of the molecule is COC(=O)c1ccc(S(=O)(=O)N[C@@H]2CCC[C@H]2CN)cc1Cl. The smallest absolute Gasteiger partial charge is 0.339 e. The molecule has 0 aliphatic heterocycles. The van der Waals surface area contributed by atoms with Crippen LogP contribution in [-0.4, -0.2) is 34.1 Å². The van der Waals surface area contributed by atoms with Crippen LogP contribution in [0.1, 0.15) is 29.6 Å². The van der Waals surface area contributed by atoms with Crippen molar-refractivity contribution in [2.24, 2.45) is 11.7 Å². The molecule has 22 heavy (non-hydrogen) atoms. The summed E-state index contributed by atoms with van der Waals surface area (Å²) in [5.41, 5.74) is 5.80. The van der Waals surface area contributed by atoms with Crippen molar-refractivity contribution in [2.45, 2.75) is 30.2 Å². The van der Waals surface area contributed by atoms with Gasteiger partial charge in [-0.05, 0) is 43.5 Å². The molecule has 3 N–H and O–H groups in total. The number of carbonyl (C=O) groups excluding carboxylic acids is 1. The summed E-state index contributed by atoms with van der Waals surface area (Å²) >= 11 is 5.97. The second kappa shape index (κ2) is 6.95. The Bertz CT molecular complexity index is 663. The van der Waals surface area contributed by atoms with Crippen molar-refractivity contribution >= 4 is 27.6 Å². The number of carbonyl (C=O) groups is 1. The Kier molecular flexibility index (Phi) is 5.44. The summed E-state index contributed by atoms with van der Waals surface area (Å²) in [4.78, 5) is 11.5. The van der Waals surface area contributed by atoms with Gasteiger partial charge in [0.2, 0.25) is 10.0 Å². The van der Waals surface area contributed by atoms with Gasteiger partial charge in [-0.25, -0.2) is 17.9 Å². The Balaban J connectivity index is 2.23.